The van der Waals surface area contributed by atoms with Crippen molar-refractivity contribution in [3.05, 3.63) is 47.4 Å². The third-order valence-corrected chi connectivity index (χ3v) is 2.52. The van der Waals surface area contributed by atoms with Crippen LogP contribution in [0.4, 0.5) is 4.39 Å². The summed E-state index contributed by atoms with van der Waals surface area (Å²) in [5.41, 5.74) is 3.82. The Morgan fingerprint density at radius 2 is 2.39 bits per heavy atom. The van der Waals surface area contributed by atoms with Gasteiger partial charge in [-0.3, -0.25) is 9.63 Å². The Bertz CT molecular complexity index is 436. The van der Waals surface area contributed by atoms with E-state index in [4.69, 9.17) is 4.84 Å². The van der Waals surface area contributed by atoms with Gasteiger partial charge in [-0.05, 0) is 18.6 Å². The normalized spacial score (nSPS) is 17.2. The highest BCUT2D eigenvalue weighted by Gasteiger charge is 2.13. The van der Waals surface area contributed by atoms with Crippen molar-refractivity contribution in [2.75, 3.05) is 20.2 Å². The van der Waals surface area contributed by atoms with Crippen molar-refractivity contribution in [2.45, 2.75) is 6.92 Å². The van der Waals surface area contributed by atoms with Crippen LogP contribution in [0.15, 0.2) is 47.4 Å². The summed E-state index contributed by atoms with van der Waals surface area (Å²) in [7, 11) is 1.50. The minimum atomic E-state index is -0.538. The number of carbonyl (C=O) groups excluding carboxylic acids is 1. The number of rotatable bonds is 4. The maximum Gasteiger partial charge on any atom is 0.250 e. The molecule has 98 valence electrons. The molecule has 5 heteroatoms. The molecule has 18 heavy (non-hydrogen) atoms. The molecule has 0 saturated heterocycles. The number of hydroxylamine groups is 1. The molecule has 4 nitrogen and oxygen atoms in total. The molecule has 0 aromatic heterocycles. The van der Waals surface area contributed by atoms with E-state index in [1.54, 1.807) is 19.1 Å². The third-order valence-electron chi connectivity index (χ3n) is 2.52. The van der Waals surface area contributed by atoms with E-state index >= 15 is 0 Å². The number of hydrogen-bond acceptors (Lipinski definition) is 3. The van der Waals surface area contributed by atoms with Gasteiger partial charge in [0.25, 0.3) is 5.91 Å². The monoisotopic (exact) mass is 252 g/mol. The largest absolute Gasteiger partial charge is 0.355 e. The summed E-state index contributed by atoms with van der Waals surface area (Å²) in [5, 5.41) is 2.44. The summed E-state index contributed by atoms with van der Waals surface area (Å²) in [4.78, 5) is 16.4. The number of hydrogen-bond donors (Lipinski definition) is 2. The summed E-state index contributed by atoms with van der Waals surface area (Å²) in [5.74, 6) is -0.876. The van der Waals surface area contributed by atoms with Crippen LogP contribution in [0, 0.1) is 0 Å². The molecule has 1 rings (SSSR count). The number of nitrogens with one attached hydrogen (secondary N) is 2. The van der Waals surface area contributed by atoms with Crippen LogP contribution in [-0.2, 0) is 9.63 Å². The second kappa shape index (κ2) is 6.88. The zero-order valence-corrected chi connectivity index (χ0v) is 10.5. The number of carbonyl (C=O) groups is 1. The van der Waals surface area contributed by atoms with Gasteiger partial charge in [0.15, 0.2) is 0 Å². The van der Waals surface area contributed by atoms with Gasteiger partial charge in [-0.25, -0.2) is 4.39 Å². The smallest absolute Gasteiger partial charge is 0.250 e. The first-order chi connectivity index (χ1) is 8.60. The Kier molecular flexibility index (Phi) is 5.48. The average Bonchev–Trinajstić information content (AvgIpc) is 2.43. The first-order valence-electron chi connectivity index (χ1n) is 5.59. The fourth-order valence-corrected chi connectivity index (χ4v) is 1.42. The molecule has 1 amide bonds. The van der Waals surface area contributed by atoms with E-state index in [9.17, 15) is 9.18 Å². The average molecular weight is 252 g/mol. The van der Waals surface area contributed by atoms with Gasteiger partial charge in [0.1, 0.15) is 5.83 Å². The fourth-order valence-electron chi connectivity index (χ4n) is 1.42. The molecule has 0 aliphatic carbocycles. The van der Waals surface area contributed by atoms with Crippen molar-refractivity contribution in [2.24, 2.45) is 0 Å². The zero-order valence-electron chi connectivity index (χ0n) is 10.5. The van der Waals surface area contributed by atoms with E-state index in [0.717, 1.165) is 0 Å². The summed E-state index contributed by atoms with van der Waals surface area (Å²) in [6.07, 6.45) is 4.51. The number of amides is 1. The second-order valence-corrected chi connectivity index (χ2v) is 3.66. The van der Waals surface area contributed by atoms with Gasteiger partial charge >= 0.3 is 0 Å². The molecule has 0 spiro atoms. The molecular weight excluding hydrogens is 235 g/mol. The Labute approximate surface area is 106 Å². The van der Waals surface area contributed by atoms with Crippen LogP contribution in [0.5, 0.6) is 0 Å². The van der Waals surface area contributed by atoms with Crippen LogP contribution in [0.3, 0.4) is 0 Å². The maximum atomic E-state index is 13.9. The first-order valence-corrected chi connectivity index (χ1v) is 5.59. The van der Waals surface area contributed by atoms with Gasteiger partial charge < -0.3 is 5.32 Å². The SMILES string of the molecule is C=C(C1=CCNOC1)/C(F)=C\C(=C/C)C(=O)NC. The van der Waals surface area contributed by atoms with Crippen molar-refractivity contribution in [1.29, 1.82) is 0 Å². The van der Waals surface area contributed by atoms with Gasteiger partial charge in [0.05, 0.1) is 6.61 Å². The van der Waals surface area contributed by atoms with Gasteiger partial charge in [-0.2, -0.15) is 5.48 Å². The molecule has 1 aliphatic rings. The van der Waals surface area contributed by atoms with Crippen molar-refractivity contribution in [3.63, 3.8) is 0 Å². The summed E-state index contributed by atoms with van der Waals surface area (Å²) in [6, 6.07) is 0. The minimum Gasteiger partial charge on any atom is -0.355 e. The molecule has 0 radical (unpaired) electrons. The van der Waals surface area contributed by atoms with Crippen LogP contribution >= 0.6 is 0 Å². The van der Waals surface area contributed by atoms with Crippen molar-refractivity contribution in [3.8, 4) is 0 Å². The molecule has 0 fully saturated rings. The minimum absolute atomic E-state index is 0.236. The molecule has 1 heterocycles. The lowest BCUT2D eigenvalue weighted by molar-refractivity contribution is -0.116. The fraction of sp³-hybridized carbons (Fsp3) is 0.308. The van der Waals surface area contributed by atoms with Crippen LogP contribution < -0.4 is 10.8 Å². The van der Waals surface area contributed by atoms with Crippen LogP contribution in [-0.4, -0.2) is 26.1 Å². The number of likely N-dealkylation sites (N-methyl/N-ethyl adjacent to an activating group) is 1. The second-order valence-electron chi connectivity index (χ2n) is 3.66. The predicted octanol–water partition coefficient (Wildman–Crippen LogP) is 1.55. The summed E-state index contributed by atoms with van der Waals surface area (Å²) < 4.78 is 13.9. The van der Waals surface area contributed by atoms with Crippen LogP contribution in [0.25, 0.3) is 0 Å². The number of allylic oxidation sites excluding steroid dienone is 2. The Hall–Kier alpha value is -1.72. The maximum absolute atomic E-state index is 13.9. The van der Waals surface area contributed by atoms with Crippen molar-refractivity contribution < 1.29 is 14.0 Å². The van der Waals surface area contributed by atoms with Crippen molar-refractivity contribution >= 4 is 5.91 Å². The lowest BCUT2D eigenvalue weighted by Crippen LogP contribution is -2.22. The lowest BCUT2D eigenvalue weighted by atomic mass is 10.0. The summed E-state index contributed by atoms with van der Waals surface area (Å²) in [6.45, 7) is 6.11. The molecule has 1 aliphatic heterocycles. The quantitative estimate of drug-likeness (QED) is 0.589. The Morgan fingerprint density at radius 1 is 1.67 bits per heavy atom. The Morgan fingerprint density at radius 3 is 2.89 bits per heavy atom. The first kappa shape index (κ1) is 14.3. The molecule has 0 saturated carbocycles. The molecule has 0 aromatic carbocycles. The van der Waals surface area contributed by atoms with Gasteiger partial charge in [0.2, 0.25) is 0 Å². The highest BCUT2D eigenvalue weighted by molar-refractivity contribution is 5.96. The Balaban J connectivity index is 2.85. The van der Waals surface area contributed by atoms with E-state index in [1.807, 2.05) is 0 Å². The highest BCUT2D eigenvalue weighted by atomic mass is 19.1. The predicted molar refractivity (Wildman–Crippen MR) is 68.2 cm³/mol. The lowest BCUT2D eigenvalue weighted by Gasteiger charge is -2.15. The van der Waals surface area contributed by atoms with E-state index in [-0.39, 0.29) is 23.7 Å². The van der Waals surface area contributed by atoms with Crippen molar-refractivity contribution in [1.82, 2.24) is 10.8 Å². The molecule has 0 aromatic rings. The van der Waals surface area contributed by atoms with E-state index in [1.165, 1.54) is 13.1 Å². The topological polar surface area (TPSA) is 50.4 Å². The van der Waals surface area contributed by atoms with Crippen LogP contribution in [0.2, 0.25) is 0 Å². The molecule has 2 N–H and O–H groups in total. The summed E-state index contributed by atoms with van der Waals surface area (Å²) >= 11 is 0. The van der Waals surface area contributed by atoms with Gasteiger partial charge in [-0.1, -0.05) is 18.7 Å². The molecule has 0 atom stereocenters. The third kappa shape index (κ3) is 3.65. The molecule has 0 unspecified atom stereocenters. The van der Waals surface area contributed by atoms with Crippen LogP contribution in [0.1, 0.15) is 6.92 Å². The van der Waals surface area contributed by atoms with E-state index in [0.29, 0.717) is 12.1 Å². The van der Waals surface area contributed by atoms with E-state index < -0.39 is 5.83 Å². The van der Waals surface area contributed by atoms with Gasteiger partial charge in [0, 0.05) is 24.7 Å². The zero-order chi connectivity index (χ0) is 13.5. The highest BCUT2D eigenvalue weighted by Crippen LogP contribution is 2.21. The molecule has 0 bridgehead atoms. The standard InChI is InChI=1S/C13H17FN2O2/c1-4-10(13(17)15-3)7-12(14)9(2)11-5-6-16-18-8-11/h4-5,7,16H,2,6,8H2,1,3H3,(H,15,17)/b10-4+,12-7+. The number of halogens is 1. The molecular formula is C13H17FN2O2. The van der Waals surface area contributed by atoms with E-state index in [2.05, 4.69) is 17.4 Å². The van der Waals surface area contributed by atoms with Gasteiger partial charge in [-0.15, -0.1) is 0 Å².